The van der Waals surface area contributed by atoms with Gasteiger partial charge >= 0.3 is 0 Å². The molecule has 4 atom stereocenters. The molecule has 2 saturated carbocycles. The van der Waals surface area contributed by atoms with Gasteiger partial charge in [-0.15, -0.1) is 0 Å². The normalized spacial score (nSPS) is 29.3. The second-order valence-electron chi connectivity index (χ2n) is 6.67. The van der Waals surface area contributed by atoms with Gasteiger partial charge in [0.15, 0.2) is 11.4 Å². The maximum absolute atomic E-state index is 12.8. The van der Waals surface area contributed by atoms with E-state index in [1.165, 1.54) is 0 Å². The SMILES string of the molecule is CN(C(=O)c1ncccc1OCCN)C1C[C@H]2CC(O)C[C@H]2C1. The van der Waals surface area contributed by atoms with E-state index in [9.17, 15) is 9.90 Å². The van der Waals surface area contributed by atoms with E-state index in [1.807, 2.05) is 7.05 Å². The Bertz CT molecular complexity index is 552. The van der Waals surface area contributed by atoms with Crippen molar-refractivity contribution in [3.63, 3.8) is 0 Å². The molecule has 6 nitrogen and oxygen atoms in total. The van der Waals surface area contributed by atoms with Crippen molar-refractivity contribution in [1.82, 2.24) is 9.88 Å². The van der Waals surface area contributed by atoms with Gasteiger partial charge in [0.2, 0.25) is 0 Å². The van der Waals surface area contributed by atoms with Crippen molar-refractivity contribution in [3.05, 3.63) is 24.0 Å². The molecule has 0 bridgehead atoms. The predicted octanol–water partition coefficient (Wildman–Crippen LogP) is 1.04. The second-order valence-corrected chi connectivity index (χ2v) is 6.67. The number of nitrogens with zero attached hydrogens (tertiary/aromatic N) is 2. The molecule has 0 aliphatic heterocycles. The lowest BCUT2D eigenvalue weighted by Crippen LogP contribution is -2.36. The van der Waals surface area contributed by atoms with Crippen molar-refractivity contribution in [2.24, 2.45) is 17.6 Å². The van der Waals surface area contributed by atoms with E-state index in [4.69, 9.17) is 10.5 Å². The maximum Gasteiger partial charge on any atom is 0.276 e. The third-order valence-electron chi connectivity index (χ3n) is 5.18. The first-order valence-corrected chi connectivity index (χ1v) is 8.33. The molecule has 0 saturated heterocycles. The Labute approximate surface area is 136 Å². The summed E-state index contributed by atoms with van der Waals surface area (Å²) in [6.45, 7) is 0.758. The third-order valence-corrected chi connectivity index (χ3v) is 5.18. The van der Waals surface area contributed by atoms with Crippen LogP contribution in [-0.2, 0) is 0 Å². The van der Waals surface area contributed by atoms with Crippen LogP contribution >= 0.6 is 0 Å². The number of aliphatic hydroxyl groups excluding tert-OH is 1. The van der Waals surface area contributed by atoms with Crippen LogP contribution in [0.4, 0.5) is 0 Å². The molecular formula is C17H25N3O3. The van der Waals surface area contributed by atoms with Gasteiger partial charge in [-0.3, -0.25) is 4.79 Å². The molecule has 6 heteroatoms. The topological polar surface area (TPSA) is 88.7 Å². The first-order chi connectivity index (χ1) is 11.1. The fourth-order valence-electron chi connectivity index (χ4n) is 4.04. The van der Waals surface area contributed by atoms with Crippen molar-refractivity contribution < 1.29 is 14.6 Å². The smallest absolute Gasteiger partial charge is 0.276 e. The number of hydrogen-bond donors (Lipinski definition) is 2. The first kappa shape index (κ1) is 16.2. The molecule has 2 aliphatic rings. The summed E-state index contributed by atoms with van der Waals surface area (Å²) in [7, 11) is 1.84. The van der Waals surface area contributed by atoms with Crippen molar-refractivity contribution in [2.75, 3.05) is 20.2 Å². The summed E-state index contributed by atoms with van der Waals surface area (Å²) in [5, 5.41) is 9.75. The molecular weight excluding hydrogens is 294 g/mol. The summed E-state index contributed by atoms with van der Waals surface area (Å²) in [5.74, 6) is 1.47. The molecule has 2 fully saturated rings. The average molecular weight is 319 g/mol. The number of rotatable bonds is 5. The molecule has 2 aliphatic carbocycles. The number of amides is 1. The number of aromatic nitrogens is 1. The van der Waals surface area contributed by atoms with Crippen LogP contribution in [0.5, 0.6) is 5.75 Å². The van der Waals surface area contributed by atoms with Crippen LogP contribution in [0, 0.1) is 11.8 Å². The van der Waals surface area contributed by atoms with Crippen LogP contribution < -0.4 is 10.5 Å². The van der Waals surface area contributed by atoms with E-state index in [2.05, 4.69) is 4.98 Å². The lowest BCUT2D eigenvalue weighted by Gasteiger charge is -2.26. The number of ether oxygens (including phenoxy) is 1. The van der Waals surface area contributed by atoms with E-state index in [0.29, 0.717) is 36.4 Å². The Kier molecular flexibility index (Phi) is 4.82. The highest BCUT2D eigenvalue weighted by atomic mass is 16.5. The highest BCUT2D eigenvalue weighted by molar-refractivity contribution is 5.95. The molecule has 2 unspecified atom stereocenters. The summed E-state index contributed by atoms with van der Waals surface area (Å²) in [5.41, 5.74) is 5.81. The Morgan fingerprint density at radius 3 is 2.74 bits per heavy atom. The lowest BCUT2D eigenvalue weighted by atomic mass is 10.0. The minimum atomic E-state index is -0.154. The minimum Gasteiger partial charge on any atom is -0.490 e. The summed E-state index contributed by atoms with van der Waals surface area (Å²) in [6, 6.07) is 3.72. The number of carbonyl (C=O) groups is 1. The molecule has 23 heavy (non-hydrogen) atoms. The zero-order valence-electron chi connectivity index (χ0n) is 13.5. The fraction of sp³-hybridized carbons (Fsp3) is 0.647. The molecule has 126 valence electrons. The monoisotopic (exact) mass is 319 g/mol. The largest absolute Gasteiger partial charge is 0.490 e. The van der Waals surface area contributed by atoms with Crippen LogP contribution in [-0.4, -0.2) is 53.2 Å². The Morgan fingerprint density at radius 2 is 2.09 bits per heavy atom. The van der Waals surface area contributed by atoms with E-state index in [1.54, 1.807) is 23.2 Å². The van der Waals surface area contributed by atoms with Crippen molar-refractivity contribution in [2.45, 2.75) is 37.8 Å². The Hall–Kier alpha value is -1.66. The first-order valence-electron chi connectivity index (χ1n) is 8.33. The quantitative estimate of drug-likeness (QED) is 0.846. The number of aliphatic hydroxyl groups is 1. The van der Waals surface area contributed by atoms with Gasteiger partial charge in [0, 0.05) is 25.8 Å². The van der Waals surface area contributed by atoms with E-state index >= 15 is 0 Å². The molecule has 0 radical (unpaired) electrons. The molecule has 3 rings (SSSR count). The number of pyridine rings is 1. The van der Waals surface area contributed by atoms with Crippen LogP contribution in [0.2, 0.25) is 0 Å². The van der Waals surface area contributed by atoms with E-state index in [0.717, 1.165) is 25.7 Å². The van der Waals surface area contributed by atoms with Crippen molar-refractivity contribution in [1.29, 1.82) is 0 Å². The lowest BCUT2D eigenvalue weighted by molar-refractivity contribution is 0.0711. The average Bonchev–Trinajstić information content (AvgIpc) is 3.09. The Morgan fingerprint density at radius 1 is 1.39 bits per heavy atom. The standard InChI is InChI=1S/C17H25N3O3/c1-20(13-7-11-9-14(21)10-12(11)8-13)17(22)16-15(23-6-4-18)3-2-5-19-16/h2-3,5,11-14,21H,4,6-10,18H2,1H3/t11-,12+,13?,14?. The number of nitrogens with two attached hydrogens (primary N) is 1. The van der Waals surface area contributed by atoms with Crippen LogP contribution in [0.25, 0.3) is 0 Å². The van der Waals surface area contributed by atoms with Gasteiger partial charge < -0.3 is 20.5 Å². The molecule has 1 amide bonds. The number of hydrogen-bond acceptors (Lipinski definition) is 5. The highest BCUT2D eigenvalue weighted by Crippen LogP contribution is 2.45. The van der Waals surface area contributed by atoms with Crippen molar-refractivity contribution >= 4 is 5.91 Å². The highest BCUT2D eigenvalue weighted by Gasteiger charge is 2.43. The zero-order chi connectivity index (χ0) is 16.4. The van der Waals surface area contributed by atoms with Gasteiger partial charge in [-0.05, 0) is 49.7 Å². The molecule has 1 heterocycles. The van der Waals surface area contributed by atoms with Crippen molar-refractivity contribution in [3.8, 4) is 5.75 Å². The van der Waals surface area contributed by atoms with Crippen LogP contribution in [0.1, 0.15) is 36.2 Å². The molecule has 1 aromatic rings. The maximum atomic E-state index is 12.8. The Balaban J connectivity index is 1.69. The summed E-state index contributed by atoms with van der Waals surface area (Å²) < 4.78 is 5.54. The van der Waals surface area contributed by atoms with E-state index in [-0.39, 0.29) is 18.1 Å². The van der Waals surface area contributed by atoms with Crippen LogP contribution in [0.15, 0.2) is 18.3 Å². The van der Waals surface area contributed by atoms with Gasteiger partial charge in [0.25, 0.3) is 5.91 Å². The molecule has 3 N–H and O–H groups in total. The minimum absolute atomic E-state index is 0.108. The number of fused-ring (bicyclic) bond motifs is 1. The van der Waals surface area contributed by atoms with Crippen LogP contribution in [0.3, 0.4) is 0 Å². The zero-order valence-corrected chi connectivity index (χ0v) is 13.5. The summed E-state index contributed by atoms with van der Waals surface area (Å²) in [4.78, 5) is 18.8. The summed E-state index contributed by atoms with van der Waals surface area (Å²) in [6.07, 6.45) is 5.13. The number of carbonyl (C=O) groups excluding carboxylic acids is 1. The second kappa shape index (κ2) is 6.84. The van der Waals surface area contributed by atoms with Gasteiger partial charge in [0.1, 0.15) is 6.61 Å². The van der Waals surface area contributed by atoms with Gasteiger partial charge in [0.05, 0.1) is 6.10 Å². The fourth-order valence-corrected chi connectivity index (χ4v) is 4.04. The van der Waals surface area contributed by atoms with Gasteiger partial charge in [-0.25, -0.2) is 4.98 Å². The van der Waals surface area contributed by atoms with Gasteiger partial charge in [-0.1, -0.05) is 0 Å². The third kappa shape index (κ3) is 3.33. The summed E-state index contributed by atoms with van der Waals surface area (Å²) >= 11 is 0. The van der Waals surface area contributed by atoms with Gasteiger partial charge in [-0.2, -0.15) is 0 Å². The van der Waals surface area contributed by atoms with E-state index < -0.39 is 0 Å². The molecule has 0 spiro atoms. The molecule has 1 aromatic heterocycles. The predicted molar refractivity (Wildman–Crippen MR) is 86.1 cm³/mol. The molecule has 0 aromatic carbocycles.